The van der Waals surface area contributed by atoms with E-state index in [9.17, 15) is 5.11 Å². The maximum absolute atomic E-state index is 11.0. The first kappa shape index (κ1) is 16.5. The Morgan fingerprint density at radius 2 is 1.93 bits per heavy atom. The number of aromatic nitrogens is 3. The van der Waals surface area contributed by atoms with Gasteiger partial charge in [-0.25, -0.2) is 0 Å². The predicted molar refractivity (Wildman–Crippen MR) is 100 cm³/mol. The molecule has 1 atom stereocenters. The minimum Gasteiger partial charge on any atom is -0.492 e. The second kappa shape index (κ2) is 6.80. The van der Waals surface area contributed by atoms with Crippen LogP contribution in [0.25, 0.3) is 16.5 Å². The quantitative estimate of drug-likeness (QED) is 0.562. The minimum atomic E-state index is 0.0238. The van der Waals surface area contributed by atoms with Gasteiger partial charge in [0.15, 0.2) is 11.8 Å². The number of aromatic hydroxyl groups is 1. The topological polar surface area (TPSA) is 77.2 Å². The van der Waals surface area contributed by atoms with Gasteiger partial charge in [0.05, 0.1) is 19.5 Å². The van der Waals surface area contributed by atoms with Crippen LogP contribution >= 0.6 is 11.3 Å². The lowest BCUT2D eigenvalue weighted by molar-refractivity contribution is -0.932. The number of furan rings is 1. The summed E-state index contributed by atoms with van der Waals surface area (Å²) in [6.07, 6.45) is 1.59. The van der Waals surface area contributed by atoms with Gasteiger partial charge in [-0.05, 0) is 12.1 Å². The van der Waals surface area contributed by atoms with Crippen LogP contribution in [0.1, 0.15) is 16.5 Å². The first-order chi connectivity index (χ1) is 13.3. The predicted octanol–water partition coefficient (Wildman–Crippen LogP) is 1.76. The molecule has 1 aliphatic rings. The van der Waals surface area contributed by atoms with Gasteiger partial charge in [0.25, 0.3) is 0 Å². The Kier molecular flexibility index (Phi) is 4.16. The number of nitrogens with zero attached hydrogens (tertiary/aromatic N) is 3. The van der Waals surface area contributed by atoms with E-state index >= 15 is 0 Å². The fourth-order valence-corrected chi connectivity index (χ4v) is 4.73. The van der Waals surface area contributed by atoms with Crippen molar-refractivity contribution >= 4 is 16.3 Å². The highest BCUT2D eigenvalue weighted by Gasteiger charge is 2.34. The molecule has 0 amide bonds. The van der Waals surface area contributed by atoms with Crippen LogP contribution in [0.4, 0.5) is 0 Å². The van der Waals surface area contributed by atoms with Gasteiger partial charge in [0.1, 0.15) is 18.0 Å². The van der Waals surface area contributed by atoms with E-state index in [1.165, 1.54) is 26.3 Å². The molecule has 0 radical (unpaired) electrons. The van der Waals surface area contributed by atoms with Crippen molar-refractivity contribution in [3.63, 3.8) is 0 Å². The van der Waals surface area contributed by atoms with Crippen molar-refractivity contribution in [2.24, 2.45) is 0 Å². The fraction of sp³-hybridized carbons (Fsp3) is 0.263. The normalized spacial score (nSPS) is 16.7. The van der Waals surface area contributed by atoms with Gasteiger partial charge in [0, 0.05) is 5.56 Å². The number of thiazole rings is 1. The Morgan fingerprint density at radius 3 is 2.63 bits per heavy atom. The highest BCUT2D eigenvalue weighted by Crippen LogP contribution is 2.36. The Bertz CT molecular complexity index is 1040. The number of hydrogen-bond acceptors (Lipinski definition) is 6. The van der Waals surface area contributed by atoms with Crippen LogP contribution < -0.4 is 4.90 Å². The van der Waals surface area contributed by atoms with E-state index in [1.807, 2.05) is 24.3 Å². The van der Waals surface area contributed by atoms with Gasteiger partial charge < -0.3 is 19.2 Å². The molecule has 0 unspecified atom stereocenters. The third-order valence-electron chi connectivity index (χ3n) is 4.88. The number of fused-ring (bicyclic) bond motifs is 1. The van der Waals surface area contributed by atoms with Gasteiger partial charge in [-0.1, -0.05) is 41.7 Å². The number of nitrogens with one attached hydrogen (secondary N) is 1. The van der Waals surface area contributed by atoms with Crippen LogP contribution in [0.15, 0.2) is 53.1 Å². The summed E-state index contributed by atoms with van der Waals surface area (Å²) in [5.74, 6) is 1.21. The summed E-state index contributed by atoms with van der Waals surface area (Å²) in [7, 11) is 0. The lowest BCUT2D eigenvalue weighted by atomic mass is 10.0. The minimum absolute atomic E-state index is 0.0238. The molecule has 4 aromatic rings. The highest BCUT2D eigenvalue weighted by atomic mass is 32.1. The highest BCUT2D eigenvalue weighted by molar-refractivity contribution is 7.17. The Hall–Kier alpha value is -2.68. The lowest BCUT2D eigenvalue weighted by Gasteiger charge is -2.31. The lowest BCUT2D eigenvalue weighted by Crippen LogP contribution is -3.14. The molecule has 1 aliphatic heterocycles. The number of rotatable bonds is 4. The van der Waals surface area contributed by atoms with E-state index in [1.54, 1.807) is 12.3 Å². The SMILES string of the molecule is Oc1c([C@H](c2ccccc2)[NH+]2CCOCC2)sc2nc(-c3ccco3)nn12. The molecule has 0 aliphatic carbocycles. The first-order valence-corrected chi connectivity index (χ1v) is 9.72. The Labute approximate surface area is 159 Å². The summed E-state index contributed by atoms with van der Waals surface area (Å²) in [6.45, 7) is 3.24. The number of hydrogen-bond donors (Lipinski definition) is 2. The fourth-order valence-electron chi connectivity index (χ4n) is 3.59. The zero-order chi connectivity index (χ0) is 18.2. The molecule has 27 heavy (non-hydrogen) atoms. The summed E-state index contributed by atoms with van der Waals surface area (Å²) in [5.41, 5.74) is 1.17. The molecule has 3 aromatic heterocycles. The summed E-state index contributed by atoms with van der Waals surface area (Å²) < 4.78 is 12.4. The summed E-state index contributed by atoms with van der Waals surface area (Å²) in [5, 5.41) is 15.4. The average molecular weight is 383 g/mol. The van der Waals surface area contributed by atoms with Crippen LogP contribution in [0.2, 0.25) is 0 Å². The van der Waals surface area contributed by atoms with Crippen LogP contribution in [0.5, 0.6) is 5.88 Å². The Morgan fingerprint density at radius 1 is 1.11 bits per heavy atom. The van der Waals surface area contributed by atoms with Crippen molar-refractivity contribution in [3.05, 3.63) is 59.2 Å². The van der Waals surface area contributed by atoms with Crippen molar-refractivity contribution in [1.29, 1.82) is 0 Å². The van der Waals surface area contributed by atoms with E-state index in [4.69, 9.17) is 9.15 Å². The van der Waals surface area contributed by atoms with Crippen LogP contribution in [0, 0.1) is 0 Å². The number of quaternary nitrogens is 1. The number of benzene rings is 1. The Balaban J connectivity index is 1.59. The van der Waals surface area contributed by atoms with Crippen LogP contribution in [-0.2, 0) is 4.74 Å². The van der Waals surface area contributed by atoms with Gasteiger partial charge >= 0.3 is 0 Å². The van der Waals surface area contributed by atoms with Crippen LogP contribution in [-0.4, -0.2) is 46.0 Å². The molecule has 0 spiro atoms. The van der Waals surface area contributed by atoms with E-state index in [0.717, 1.165) is 31.2 Å². The molecule has 1 fully saturated rings. The third-order valence-corrected chi connectivity index (χ3v) is 5.96. The molecule has 2 N–H and O–H groups in total. The van der Waals surface area contributed by atoms with Gasteiger partial charge in [-0.3, -0.25) is 0 Å². The zero-order valence-corrected chi connectivity index (χ0v) is 15.4. The molecule has 1 aromatic carbocycles. The largest absolute Gasteiger partial charge is 0.492 e. The van der Waals surface area contributed by atoms with E-state index in [0.29, 0.717) is 16.5 Å². The van der Waals surface area contributed by atoms with Crippen molar-refractivity contribution in [1.82, 2.24) is 14.6 Å². The smallest absolute Gasteiger partial charge is 0.235 e. The number of morpholine rings is 1. The first-order valence-electron chi connectivity index (χ1n) is 8.91. The van der Waals surface area contributed by atoms with Crippen molar-refractivity contribution in [2.75, 3.05) is 26.3 Å². The molecular weight excluding hydrogens is 364 g/mol. The molecule has 1 saturated heterocycles. The standard InChI is InChI=1S/C19H18N4O3S/c24-18-16(27-19-20-17(21-23(18)19)14-7-4-10-26-14)15(13-5-2-1-3-6-13)22-8-11-25-12-9-22/h1-7,10,15,24H,8-9,11-12H2/p+1/t15-/m0/s1. The molecule has 138 valence electrons. The maximum atomic E-state index is 11.0. The van der Waals surface area contributed by atoms with E-state index < -0.39 is 0 Å². The van der Waals surface area contributed by atoms with E-state index in [-0.39, 0.29) is 11.9 Å². The zero-order valence-electron chi connectivity index (χ0n) is 14.5. The van der Waals surface area contributed by atoms with Crippen molar-refractivity contribution < 1.29 is 19.2 Å². The number of ether oxygens (including phenoxy) is 1. The van der Waals surface area contributed by atoms with Gasteiger partial charge in [-0.15, -0.1) is 5.10 Å². The average Bonchev–Trinajstić information content (AvgIpc) is 3.43. The molecule has 0 saturated carbocycles. The van der Waals surface area contributed by atoms with E-state index in [2.05, 4.69) is 22.2 Å². The molecular formula is C19H19N4O3S+. The van der Waals surface area contributed by atoms with Gasteiger partial charge in [-0.2, -0.15) is 9.50 Å². The maximum Gasteiger partial charge on any atom is 0.235 e. The summed E-state index contributed by atoms with van der Waals surface area (Å²) in [6, 6.07) is 13.9. The summed E-state index contributed by atoms with van der Waals surface area (Å²) >= 11 is 1.47. The molecule has 0 bridgehead atoms. The molecule has 7 nitrogen and oxygen atoms in total. The van der Waals surface area contributed by atoms with Crippen molar-refractivity contribution in [2.45, 2.75) is 6.04 Å². The van der Waals surface area contributed by atoms with Crippen molar-refractivity contribution in [3.8, 4) is 17.5 Å². The summed E-state index contributed by atoms with van der Waals surface area (Å²) in [4.78, 5) is 7.44. The van der Waals surface area contributed by atoms with Crippen LogP contribution in [0.3, 0.4) is 0 Å². The molecule has 4 heterocycles. The second-order valence-electron chi connectivity index (χ2n) is 6.51. The van der Waals surface area contributed by atoms with Gasteiger partial charge in [0.2, 0.25) is 16.7 Å². The third kappa shape index (κ3) is 2.91. The second-order valence-corrected chi connectivity index (χ2v) is 7.52. The molecule has 5 rings (SSSR count). The monoisotopic (exact) mass is 383 g/mol. The molecule has 8 heteroatoms.